The SMILES string of the molecule is COCCN1C(=O)c2ccccc2N[C@H]1c1cnn(Cc2ccccc2Cl)c1. The number of halogens is 1. The van der Waals surface area contributed by atoms with Gasteiger partial charge in [-0.05, 0) is 23.8 Å². The van der Waals surface area contributed by atoms with Crippen LogP contribution in [0.5, 0.6) is 0 Å². The van der Waals surface area contributed by atoms with Gasteiger partial charge in [-0.1, -0.05) is 41.9 Å². The largest absolute Gasteiger partial charge is 0.383 e. The van der Waals surface area contributed by atoms with E-state index in [2.05, 4.69) is 10.4 Å². The molecule has 0 radical (unpaired) electrons. The number of ether oxygens (including phenoxy) is 1. The number of methoxy groups -OCH3 is 1. The number of rotatable bonds is 6. The number of benzene rings is 2. The van der Waals surface area contributed by atoms with Gasteiger partial charge in [-0.15, -0.1) is 0 Å². The van der Waals surface area contributed by atoms with Gasteiger partial charge in [-0.2, -0.15) is 5.10 Å². The zero-order chi connectivity index (χ0) is 19.5. The minimum absolute atomic E-state index is 0.0183. The van der Waals surface area contributed by atoms with Crippen LogP contribution in [0.25, 0.3) is 0 Å². The van der Waals surface area contributed by atoms with Crippen molar-refractivity contribution < 1.29 is 9.53 Å². The predicted molar refractivity (Wildman–Crippen MR) is 108 cm³/mol. The van der Waals surface area contributed by atoms with Gasteiger partial charge in [-0.3, -0.25) is 9.48 Å². The first-order valence-electron chi connectivity index (χ1n) is 9.08. The molecule has 1 aliphatic rings. The maximum absolute atomic E-state index is 13.0. The Hall–Kier alpha value is -2.83. The minimum Gasteiger partial charge on any atom is -0.383 e. The van der Waals surface area contributed by atoms with Crippen molar-refractivity contribution in [3.8, 4) is 0 Å². The predicted octanol–water partition coefficient (Wildman–Crippen LogP) is 3.80. The number of amides is 1. The fourth-order valence-electron chi connectivity index (χ4n) is 3.38. The van der Waals surface area contributed by atoms with E-state index in [1.165, 1.54) is 0 Å². The summed E-state index contributed by atoms with van der Waals surface area (Å²) in [7, 11) is 1.63. The molecule has 0 saturated heterocycles. The van der Waals surface area contributed by atoms with Gasteiger partial charge in [-0.25, -0.2) is 0 Å². The van der Waals surface area contributed by atoms with Crippen molar-refractivity contribution >= 4 is 23.2 Å². The Morgan fingerprint density at radius 2 is 1.96 bits per heavy atom. The molecule has 7 heteroatoms. The van der Waals surface area contributed by atoms with Gasteiger partial charge < -0.3 is 15.0 Å². The first-order valence-corrected chi connectivity index (χ1v) is 9.46. The number of aromatic nitrogens is 2. The highest BCUT2D eigenvalue weighted by Crippen LogP contribution is 2.32. The van der Waals surface area contributed by atoms with E-state index in [1.807, 2.05) is 59.4 Å². The quantitative estimate of drug-likeness (QED) is 0.688. The van der Waals surface area contributed by atoms with Crippen molar-refractivity contribution in [2.75, 3.05) is 25.6 Å². The fourth-order valence-corrected chi connectivity index (χ4v) is 3.58. The van der Waals surface area contributed by atoms with Gasteiger partial charge in [0, 0.05) is 36.1 Å². The van der Waals surface area contributed by atoms with E-state index in [4.69, 9.17) is 16.3 Å². The topological polar surface area (TPSA) is 59.4 Å². The van der Waals surface area contributed by atoms with Crippen LogP contribution in [0.2, 0.25) is 5.02 Å². The molecule has 2 heterocycles. The molecule has 1 N–H and O–H groups in total. The van der Waals surface area contributed by atoms with Crippen LogP contribution in [-0.2, 0) is 11.3 Å². The normalized spacial score (nSPS) is 16.0. The van der Waals surface area contributed by atoms with Gasteiger partial charge in [0.15, 0.2) is 0 Å². The zero-order valence-electron chi connectivity index (χ0n) is 15.5. The van der Waals surface area contributed by atoms with E-state index in [0.29, 0.717) is 30.3 Å². The number of carbonyl (C=O) groups is 1. The molecule has 4 rings (SSSR count). The number of nitrogens with zero attached hydrogens (tertiary/aromatic N) is 3. The first kappa shape index (κ1) is 18.5. The molecule has 28 heavy (non-hydrogen) atoms. The summed E-state index contributed by atoms with van der Waals surface area (Å²) < 4.78 is 7.04. The molecule has 3 aromatic rings. The average Bonchev–Trinajstić information content (AvgIpc) is 3.17. The van der Waals surface area contributed by atoms with E-state index in [0.717, 1.165) is 16.8 Å². The van der Waals surface area contributed by atoms with Crippen LogP contribution >= 0.6 is 11.6 Å². The molecular weight excluding hydrogens is 376 g/mol. The molecule has 0 unspecified atom stereocenters. The van der Waals surface area contributed by atoms with Gasteiger partial charge in [0.25, 0.3) is 5.91 Å². The number of fused-ring (bicyclic) bond motifs is 1. The maximum atomic E-state index is 13.0. The molecule has 1 atom stereocenters. The van der Waals surface area contributed by atoms with Gasteiger partial charge in [0.2, 0.25) is 0 Å². The Bertz CT molecular complexity index is 988. The molecule has 0 aliphatic carbocycles. The van der Waals surface area contributed by atoms with E-state index in [9.17, 15) is 4.79 Å². The third-order valence-corrected chi connectivity index (χ3v) is 5.19. The maximum Gasteiger partial charge on any atom is 0.257 e. The summed E-state index contributed by atoms with van der Waals surface area (Å²) in [6.07, 6.45) is 3.43. The second-order valence-corrected chi connectivity index (χ2v) is 7.05. The van der Waals surface area contributed by atoms with Crippen molar-refractivity contribution in [2.45, 2.75) is 12.7 Å². The van der Waals surface area contributed by atoms with E-state index < -0.39 is 0 Å². The Balaban J connectivity index is 1.62. The van der Waals surface area contributed by atoms with Gasteiger partial charge in [0.1, 0.15) is 6.17 Å². The molecule has 144 valence electrons. The highest BCUT2D eigenvalue weighted by atomic mass is 35.5. The summed E-state index contributed by atoms with van der Waals surface area (Å²) in [5.74, 6) is -0.0183. The average molecular weight is 397 g/mol. The number of carbonyl (C=O) groups excluding carboxylic acids is 1. The Labute approximate surface area is 168 Å². The Morgan fingerprint density at radius 1 is 1.18 bits per heavy atom. The minimum atomic E-state index is -0.308. The van der Waals surface area contributed by atoms with Gasteiger partial charge >= 0.3 is 0 Å². The molecule has 2 aromatic carbocycles. The van der Waals surface area contributed by atoms with Crippen molar-refractivity contribution in [1.29, 1.82) is 0 Å². The number of anilines is 1. The van der Waals surface area contributed by atoms with Crippen LogP contribution < -0.4 is 5.32 Å². The lowest BCUT2D eigenvalue weighted by Gasteiger charge is -2.37. The van der Waals surface area contributed by atoms with Crippen LogP contribution in [0.1, 0.15) is 27.7 Å². The lowest BCUT2D eigenvalue weighted by Crippen LogP contribution is -2.44. The summed E-state index contributed by atoms with van der Waals surface area (Å²) in [6.45, 7) is 1.51. The van der Waals surface area contributed by atoms with Crippen molar-refractivity contribution in [2.24, 2.45) is 0 Å². The summed E-state index contributed by atoms with van der Waals surface area (Å²) in [4.78, 5) is 14.8. The number of nitrogens with one attached hydrogen (secondary N) is 1. The lowest BCUT2D eigenvalue weighted by atomic mass is 10.1. The van der Waals surface area contributed by atoms with Crippen LogP contribution in [0.3, 0.4) is 0 Å². The second-order valence-electron chi connectivity index (χ2n) is 6.65. The van der Waals surface area contributed by atoms with Crippen LogP contribution in [-0.4, -0.2) is 40.8 Å². The summed E-state index contributed by atoms with van der Waals surface area (Å²) in [5, 5.41) is 8.64. The fraction of sp³-hybridized carbons (Fsp3) is 0.238. The van der Waals surface area contributed by atoms with Crippen LogP contribution in [0, 0.1) is 0 Å². The standard InChI is InChI=1S/C21H21ClN4O2/c1-28-11-10-26-20(24-19-9-5-3-7-17(19)21(26)27)16-12-23-25(14-16)13-15-6-2-4-8-18(15)22/h2-9,12,14,20,24H,10-11,13H2,1H3/t20-/m1/s1. The first-order chi connectivity index (χ1) is 13.7. The highest BCUT2D eigenvalue weighted by molar-refractivity contribution is 6.31. The Morgan fingerprint density at radius 3 is 2.79 bits per heavy atom. The molecule has 0 spiro atoms. The molecule has 1 amide bonds. The summed E-state index contributed by atoms with van der Waals surface area (Å²) in [6, 6.07) is 15.2. The summed E-state index contributed by atoms with van der Waals surface area (Å²) in [5.41, 5.74) is 3.39. The third kappa shape index (κ3) is 3.61. The highest BCUT2D eigenvalue weighted by Gasteiger charge is 2.33. The van der Waals surface area contributed by atoms with Gasteiger partial charge in [0.05, 0.1) is 24.9 Å². The summed E-state index contributed by atoms with van der Waals surface area (Å²) >= 11 is 6.27. The van der Waals surface area contributed by atoms with E-state index in [-0.39, 0.29) is 12.1 Å². The number of hydrogen-bond acceptors (Lipinski definition) is 4. The molecular formula is C21H21ClN4O2. The molecule has 0 bridgehead atoms. The molecule has 1 aromatic heterocycles. The Kier molecular flexibility index (Phi) is 5.32. The molecule has 6 nitrogen and oxygen atoms in total. The van der Waals surface area contributed by atoms with Crippen molar-refractivity contribution in [3.63, 3.8) is 0 Å². The van der Waals surface area contributed by atoms with Crippen molar-refractivity contribution in [1.82, 2.24) is 14.7 Å². The molecule has 0 fully saturated rings. The van der Waals surface area contributed by atoms with E-state index >= 15 is 0 Å². The smallest absolute Gasteiger partial charge is 0.257 e. The van der Waals surface area contributed by atoms with Crippen LogP contribution in [0.15, 0.2) is 60.9 Å². The molecule has 1 aliphatic heterocycles. The second kappa shape index (κ2) is 8.04. The lowest BCUT2D eigenvalue weighted by molar-refractivity contribution is 0.0609. The zero-order valence-corrected chi connectivity index (χ0v) is 16.3. The van der Waals surface area contributed by atoms with Crippen LogP contribution in [0.4, 0.5) is 5.69 Å². The monoisotopic (exact) mass is 396 g/mol. The molecule has 0 saturated carbocycles. The number of para-hydroxylation sites is 1. The van der Waals surface area contributed by atoms with Crippen molar-refractivity contribution in [3.05, 3.63) is 82.6 Å². The number of hydrogen-bond donors (Lipinski definition) is 1. The third-order valence-electron chi connectivity index (χ3n) is 4.82. The van der Waals surface area contributed by atoms with E-state index in [1.54, 1.807) is 18.2 Å².